The summed E-state index contributed by atoms with van der Waals surface area (Å²) in [7, 11) is -4.22. The second-order valence-corrected chi connectivity index (χ2v) is 14.0. The number of nitrogens with one attached hydrogen (secondary N) is 1. The lowest BCUT2D eigenvalue weighted by molar-refractivity contribution is -0.140. The number of rotatable bonds is 14. The van der Waals surface area contributed by atoms with Crippen LogP contribution in [0.4, 0.5) is 5.69 Å². The van der Waals surface area contributed by atoms with Gasteiger partial charge in [0.05, 0.1) is 10.6 Å². The Kier molecular flexibility index (Phi) is 12.3. The van der Waals surface area contributed by atoms with Crippen LogP contribution in [0.25, 0.3) is 0 Å². The van der Waals surface area contributed by atoms with Crippen LogP contribution in [0, 0.1) is 13.8 Å². The number of carbonyl (C=O) groups is 2. The van der Waals surface area contributed by atoms with Gasteiger partial charge in [0.15, 0.2) is 0 Å². The van der Waals surface area contributed by atoms with Crippen molar-refractivity contribution < 1.29 is 18.0 Å². The minimum atomic E-state index is -4.22. The molecular weight excluding hydrogens is 641 g/mol. The average Bonchev–Trinajstić information content (AvgIpc) is 3.02. The smallest absolute Gasteiger partial charge is 0.264 e. The van der Waals surface area contributed by atoms with E-state index in [4.69, 9.17) is 23.2 Å². The van der Waals surface area contributed by atoms with Crippen molar-refractivity contribution in [3.8, 4) is 0 Å². The van der Waals surface area contributed by atoms with Gasteiger partial charge in [-0.1, -0.05) is 96.7 Å². The lowest BCUT2D eigenvalue weighted by atomic mass is 10.0. The molecule has 0 heterocycles. The van der Waals surface area contributed by atoms with E-state index in [0.717, 1.165) is 28.3 Å². The Morgan fingerprint density at radius 2 is 1.50 bits per heavy atom. The van der Waals surface area contributed by atoms with E-state index in [1.807, 2.05) is 50.2 Å². The standard InChI is InChI=1S/C36H39Cl2N3O4S/c1-4-5-20-39-36(43)34(23-28-10-7-6-8-11-28)40(24-29-12-9-13-30(37)22-29)35(42)25-41(33-19-16-31(38)21-27(33)3)46(44,45)32-17-14-26(2)15-18-32/h6-19,21-22,34H,4-5,20,23-25H2,1-3H3,(H,39,43)/t34-/m1/s1. The van der Waals surface area contributed by atoms with Crippen LogP contribution in [0.2, 0.25) is 10.0 Å². The van der Waals surface area contributed by atoms with Crippen LogP contribution in [0.5, 0.6) is 0 Å². The first-order valence-electron chi connectivity index (χ1n) is 15.2. The molecule has 1 atom stereocenters. The molecule has 1 N–H and O–H groups in total. The number of hydrogen-bond donors (Lipinski definition) is 1. The Labute approximate surface area is 282 Å². The third kappa shape index (κ3) is 9.12. The predicted octanol–water partition coefficient (Wildman–Crippen LogP) is 7.36. The van der Waals surface area contributed by atoms with E-state index in [9.17, 15) is 18.0 Å². The lowest BCUT2D eigenvalue weighted by Crippen LogP contribution is -2.53. The molecule has 10 heteroatoms. The van der Waals surface area contributed by atoms with Crippen molar-refractivity contribution in [3.63, 3.8) is 0 Å². The van der Waals surface area contributed by atoms with E-state index < -0.39 is 28.5 Å². The molecular formula is C36H39Cl2N3O4S. The number of nitrogens with zero attached hydrogens (tertiary/aromatic N) is 2. The Morgan fingerprint density at radius 1 is 0.826 bits per heavy atom. The molecule has 0 radical (unpaired) electrons. The Balaban J connectivity index is 1.81. The number of carbonyl (C=O) groups excluding carboxylic acids is 2. The number of aryl methyl sites for hydroxylation is 2. The van der Waals surface area contributed by atoms with Crippen LogP contribution in [-0.4, -0.2) is 44.3 Å². The second-order valence-electron chi connectivity index (χ2n) is 11.3. The van der Waals surface area contributed by atoms with Gasteiger partial charge in [-0.2, -0.15) is 0 Å². The number of unbranched alkanes of at least 4 members (excludes halogenated alkanes) is 1. The van der Waals surface area contributed by atoms with Crippen molar-refractivity contribution in [1.82, 2.24) is 10.2 Å². The summed E-state index contributed by atoms with van der Waals surface area (Å²) in [5.74, 6) is -0.861. The molecule has 4 rings (SSSR count). The maximum atomic E-state index is 14.6. The van der Waals surface area contributed by atoms with E-state index in [-0.39, 0.29) is 23.8 Å². The summed E-state index contributed by atoms with van der Waals surface area (Å²) in [6.45, 7) is 5.59. The van der Waals surface area contributed by atoms with Crippen LogP contribution < -0.4 is 9.62 Å². The minimum Gasteiger partial charge on any atom is -0.354 e. The summed E-state index contributed by atoms with van der Waals surface area (Å²) in [4.78, 5) is 29.9. The maximum absolute atomic E-state index is 14.6. The van der Waals surface area contributed by atoms with Crippen LogP contribution in [0.15, 0.2) is 102 Å². The van der Waals surface area contributed by atoms with Gasteiger partial charge in [-0.05, 0) is 79.4 Å². The van der Waals surface area contributed by atoms with E-state index in [0.29, 0.717) is 33.4 Å². The zero-order valence-electron chi connectivity index (χ0n) is 26.2. The summed E-state index contributed by atoms with van der Waals surface area (Å²) in [6.07, 6.45) is 1.90. The Morgan fingerprint density at radius 3 is 2.15 bits per heavy atom. The molecule has 7 nitrogen and oxygen atoms in total. The molecule has 242 valence electrons. The van der Waals surface area contributed by atoms with Crippen molar-refractivity contribution in [1.29, 1.82) is 0 Å². The highest BCUT2D eigenvalue weighted by Crippen LogP contribution is 2.30. The van der Waals surface area contributed by atoms with E-state index in [1.165, 1.54) is 17.0 Å². The molecule has 0 aromatic heterocycles. The Bertz CT molecular complexity index is 1750. The summed E-state index contributed by atoms with van der Waals surface area (Å²) in [5.41, 5.74) is 3.36. The van der Waals surface area contributed by atoms with Crippen LogP contribution in [-0.2, 0) is 32.6 Å². The highest BCUT2D eigenvalue weighted by atomic mass is 35.5. The largest absolute Gasteiger partial charge is 0.354 e. The molecule has 0 spiro atoms. The van der Waals surface area contributed by atoms with Gasteiger partial charge in [0.2, 0.25) is 11.8 Å². The van der Waals surface area contributed by atoms with Crippen LogP contribution >= 0.6 is 23.2 Å². The van der Waals surface area contributed by atoms with Crippen molar-refractivity contribution in [3.05, 3.63) is 129 Å². The van der Waals surface area contributed by atoms with Gasteiger partial charge >= 0.3 is 0 Å². The highest BCUT2D eigenvalue weighted by molar-refractivity contribution is 7.92. The first kappa shape index (κ1) is 35.0. The number of amides is 2. The van der Waals surface area contributed by atoms with Crippen LogP contribution in [0.3, 0.4) is 0 Å². The van der Waals surface area contributed by atoms with Crippen molar-refractivity contribution in [2.24, 2.45) is 0 Å². The lowest BCUT2D eigenvalue weighted by Gasteiger charge is -2.34. The monoisotopic (exact) mass is 679 g/mol. The highest BCUT2D eigenvalue weighted by Gasteiger charge is 2.35. The van der Waals surface area contributed by atoms with Gasteiger partial charge in [-0.3, -0.25) is 13.9 Å². The predicted molar refractivity (Wildman–Crippen MR) is 186 cm³/mol. The van der Waals surface area contributed by atoms with Gasteiger partial charge in [-0.25, -0.2) is 8.42 Å². The van der Waals surface area contributed by atoms with Crippen molar-refractivity contribution in [2.45, 2.75) is 57.5 Å². The minimum absolute atomic E-state index is 0.0378. The molecule has 0 aliphatic rings. The first-order valence-corrected chi connectivity index (χ1v) is 17.4. The third-order valence-electron chi connectivity index (χ3n) is 7.66. The SMILES string of the molecule is CCCCNC(=O)[C@@H](Cc1ccccc1)N(Cc1cccc(Cl)c1)C(=O)CN(c1ccc(Cl)cc1C)S(=O)(=O)c1ccc(C)cc1. The van der Waals surface area contributed by atoms with Gasteiger partial charge in [0.1, 0.15) is 12.6 Å². The number of hydrogen-bond acceptors (Lipinski definition) is 4. The van der Waals surface area contributed by atoms with Gasteiger partial charge in [-0.15, -0.1) is 0 Å². The zero-order valence-corrected chi connectivity index (χ0v) is 28.6. The molecule has 0 saturated heterocycles. The van der Waals surface area contributed by atoms with Gasteiger partial charge < -0.3 is 10.2 Å². The fourth-order valence-electron chi connectivity index (χ4n) is 5.14. The number of benzene rings is 4. The normalized spacial score (nSPS) is 11.9. The van der Waals surface area contributed by atoms with E-state index in [1.54, 1.807) is 55.5 Å². The summed E-state index contributed by atoms with van der Waals surface area (Å²) < 4.78 is 29.6. The molecule has 46 heavy (non-hydrogen) atoms. The first-order chi connectivity index (χ1) is 22.0. The third-order valence-corrected chi connectivity index (χ3v) is 9.90. The molecule has 2 amide bonds. The number of sulfonamides is 1. The van der Waals surface area contributed by atoms with E-state index in [2.05, 4.69) is 5.32 Å². The van der Waals surface area contributed by atoms with Gasteiger partial charge in [0, 0.05) is 29.6 Å². The van der Waals surface area contributed by atoms with Crippen molar-refractivity contribution >= 4 is 50.7 Å². The summed E-state index contributed by atoms with van der Waals surface area (Å²) in [5, 5.41) is 3.92. The fourth-order valence-corrected chi connectivity index (χ4v) is 7.06. The zero-order chi connectivity index (χ0) is 33.3. The topological polar surface area (TPSA) is 86.8 Å². The van der Waals surface area contributed by atoms with Gasteiger partial charge in [0.25, 0.3) is 10.0 Å². The van der Waals surface area contributed by atoms with E-state index >= 15 is 0 Å². The average molecular weight is 681 g/mol. The number of halogens is 2. The molecule has 4 aromatic rings. The molecule has 0 bridgehead atoms. The molecule has 0 aliphatic carbocycles. The fraction of sp³-hybridized carbons (Fsp3) is 0.278. The molecule has 0 unspecified atom stereocenters. The number of anilines is 1. The molecule has 0 aliphatic heterocycles. The quantitative estimate of drug-likeness (QED) is 0.141. The maximum Gasteiger partial charge on any atom is 0.264 e. The summed E-state index contributed by atoms with van der Waals surface area (Å²) in [6, 6.07) is 26.9. The molecule has 0 fully saturated rings. The Hall–Kier alpha value is -3.85. The second kappa shape index (κ2) is 16.1. The molecule has 0 saturated carbocycles. The van der Waals surface area contributed by atoms with Crippen molar-refractivity contribution in [2.75, 3.05) is 17.4 Å². The molecule has 4 aromatic carbocycles. The van der Waals surface area contributed by atoms with Crippen LogP contribution in [0.1, 0.15) is 42.0 Å². The summed E-state index contributed by atoms with van der Waals surface area (Å²) >= 11 is 12.6.